The zero-order valence-electron chi connectivity index (χ0n) is 13.1. The lowest BCUT2D eigenvalue weighted by atomic mass is 9.99. The van der Waals surface area contributed by atoms with Crippen molar-refractivity contribution in [2.75, 3.05) is 13.7 Å². The van der Waals surface area contributed by atoms with E-state index < -0.39 is 0 Å². The maximum absolute atomic E-state index is 5.64. The van der Waals surface area contributed by atoms with E-state index >= 15 is 0 Å². The molecule has 1 N–H and O–H groups in total. The van der Waals surface area contributed by atoms with Crippen molar-refractivity contribution < 1.29 is 4.74 Å². The number of likely N-dealkylation sites (N-methyl/N-ethyl adjacent to an activating group) is 1. The third-order valence-electron chi connectivity index (χ3n) is 3.66. The summed E-state index contributed by atoms with van der Waals surface area (Å²) in [6.45, 7) is 7.74. The van der Waals surface area contributed by atoms with Crippen molar-refractivity contribution in [3.8, 4) is 0 Å². The molecule has 2 nitrogen and oxygen atoms in total. The fraction of sp³-hybridized carbons (Fsp3) is 1.00. The van der Waals surface area contributed by atoms with Crippen LogP contribution in [0.2, 0.25) is 0 Å². The largest absolute Gasteiger partial charge is 0.380 e. The van der Waals surface area contributed by atoms with E-state index in [1.165, 1.54) is 57.8 Å². The SMILES string of the molecule is CCCCCCCCC(NCC)C(CCC)OC. The first-order valence-corrected chi connectivity index (χ1v) is 8.06. The van der Waals surface area contributed by atoms with Gasteiger partial charge in [0.15, 0.2) is 0 Å². The second kappa shape index (κ2) is 13.4. The highest BCUT2D eigenvalue weighted by Crippen LogP contribution is 2.14. The van der Waals surface area contributed by atoms with E-state index in [2.05, 4.69) is 26.1 Å². The molecule has 0 aliphatic carbocycles. The Morgan fingerprint density at radius 3 is 2.06 bits per heavy atom. The number of hydrogen-bond donors (Lipinski definition) is 1. The first-order valence-electron chi connectivity index (χ1n) is 8.06. The van der Waals surface area contributed by atoms with Gasteiger partial charge in [-0.1, -0.05) is 65.7 Å². The van der Waals surface area contributed by atoms with Gasteiger partial charge in [-0.05, 0) is 19.4 Å². The van der Waals surface area contributed by atoms with Crippen LogP contribution in [-0.2, 0) is 4.74 Å². The highest BCUT2D eigenvalue weighted by molar-refractivity contribution is 4.76. The van der Waals surface area contributed by atoms with Gasteiger partial charge in [-0.15, -0.1) is 0 Å². The van der Waals surface area contributed by atoms with Gasteiger partial charge in [-0.3, -0.25) is 0 Å². The molecule has 0 aromatic carbocycles. The third kappa shape index (κ3) is 8.93. The fourth-order valence-corrected chi connectivity index (χ4v) is 2.59. The van der Waals surface area contributed by atoms with Gasteiger partial charge in [0.2, 0.25) is 0 Å². The molecule has 0 radical (unpaired) electrons. The van der Waals surface area contributed by atoms with Crippen molar-refractivity contribution in [3.63, 3.8) is 0 Å². The topological polar surface area (TPSA) is 21.3 Å². The first kappa shape index (κ1) is 17.9. The van der Waals surface area contributed by atoms with Crippen LogP contribution >= 0.6 is 0 Å². The van der Waals surface area contributed by atoms with E-state index in [0.29, 0.717) is 12.1 Å². The van der Waals surface area contributed by atoms with Crippen LogP contribution in [0.3, 0.4) is 0 Å². The fourth-order valence-electron chi connectivity index (χ4n) is 2.59. The molecule has 0 spiro atoms. The Morgan fingerprint density at radius 2 is 1.50 bits per heavy atom. The summed E-state index contributed by atoms with van der Waals surface area (Å²) < 4.78 is 5.64. The van der Waals surface area contributed by atoms with Crippen molar-refractivity contribution in [2.45, 2.75) is 90.7 Å². The molecule has 2 unspecified atom stereocenters. The lowest BCUT2D eigenvalue weighted by Gasteiger charge is -2.26. The van der Waals surface area contributed by atoms with Gasteiger partial charge < -0.3 is 10.1 Å². The Kier molecular flexibility index (Phi) is 13.3. The Bertz CT molecular complexity index is 161. The Morgan fingerprint density at radius 1 is 0.833 bits per heavy atom. The molecule has 0 fully saturated rings. The molecule has 2 atom stereocenters. The van der Waals surface area contributed by atoms with Crippen molar-refractivity contribution in [2.24, 2.45) is 0 Å². The van der Waals surface area contributed by atoms with Gasteiger partial charge in [0.05, 0.1) is 6.10 Å². The van der Waals surface area contributed by atoms with Gasteiger partial charge in [-0.2, -0.15) is 0 Å². The highest BCUT2D eigenvalue weighted by atomic mass is 16.5. The number of ether oxygens (including phenoxy) is 1. The molecule has 0 saturated carbocycles. The van der Waals surface area contributed by atoms with Crippen LogP contribution in [0.25, 0.3) is 0 Å². The molecule has 0 rings (SSSR count). The number of rotatable bonds is 13. The van der Waals surface area contributed by atoms with Crippen molar-refractivity contribution >= 4 is 0 Å². The molecule has 0 aromatic heterocycles. The minimum atomic E-state index is 0.394. The summed E-state index contributed by atoms with van der Waals surface area (Å²) in [5.74, 6) is 0. The smallest absolute Gasteiger partial charge is 0.0724 e. The van der Waals surface area contributed by atoms with E-state index in [1.54, 1.807) is 0 Å². The maximum Gasteiger partial charge on any atom is 0.0724 e. The monoisotopic (exact) mass is 257 g/mol. The summed E-state index contributed by atoms with van der Waals surface area (Å²) in [6.07, 6.45) is 12.3. The molecular formula is C16H35NO. The second-order valence-electron chi connectivity index (χ2n) is 5.28. The summed E-state index contributed by atoms with van der Waals surface area (Å²) in [4.78, 5) is 0. The molecule has 0 aromatic rings. The molecule has 0 saturated heterocycles. The van der Waals surface area contributed by atoms with Gasteiger partial charge >= 0.3 is 0 Å². The van der Waals surface area contributed by atoms with E-state index in [0.717, 1.165) is 6.54 Å². The molecule has 110 valence electrons. The molecule has 0 aliphatic heterocycles. The van der Waals surface area contributed by atoms with E-state index in [-0.39, 0.29) is 0 Å². The Labute approximate surface area is 115 Å². The van der Waals surface area contributed by atoms with Crippen LogP contribution < -0.4 is 5.32 Å². The zero-order chi connectivity index (χ0) is 13.6. The van der Waals surface area contributed by atoms with E-state index in [4.69, 9.17) is 4.74 Å². The number of nitrogens with one attached hydrogen (secondary N) is 1. The minimum Gasteiger partial charge on any atom is -0.380 e. The zero-order valence-corrected chi connectivity index (χ0v) is 13.1. The molecule has 0 heterocycles. The maximum atomic E-state index is 5.64. The minimum absolute atomic E-state index is 0.394. The normalized spacial score (nSPS) is 14.7. The number of methoxy groups -OCH3 is 1. The molecule has 0 aliphatic rings. The summed E-state index contributed by atoms with van der Waals surface area (Å²) >= 11 is 0. The van der Waals surface area contributed by atoms with Gasteiger partial charge in [0, 0.05) is 13.2 Å². The number of hydrogen-bond acceptors (Lipinski definition) is 2. The highest BCUT2D eigenvalue weighted by Gasteiger charge is 2.18. The lowest BCUT2D eigenvalue weighted by Crippen LogP contribution is -2.40. The Hall–Kier alpha value is -0.0800. The lowest BCUT2D eigenvalue weighted by molar-refractivity contribution is 0.0577. The number of unbranched alkanes of at least 4 members (excludes halogenated alkanes) is 5. The van der Waals surface area contributed by atoms with Crippen molar-refractivity contribution in [1.29, 1.82) is 0 Å². The Balaban J connectivity index is 3.80. The van der Waals surface area contributed by atoms with Gasteiger partial charge in [-0.25, -0.2) is 0 Å². The summed E-state index contributed by atoms with van der Waals surface area (Å²) in [7, 11) is 1.85. The van der Waals surface area contributed by atoms with Crippen LogP contribution in [0, 0.1) is 0 Å². The van der Waals surface area contributed by atoms with Crippen LogP contribution in [0.15, 0.2) is 0 Å². The first-order chi connectivity index (χ1) is 8.79. The van der Waals surface area contributed by atoms with E-state index in [9.17, 15) is 0 Å². The summed E-state index contributed by atoms with van der Waals surface area (Å²) in [5, 5.41) is 3.60. The van der Waals surface area contributed by atoms with E-state index in [1.807, 2.05) is 7.11 Å². The van der Waals surface area contributed by atoms with Crippen LogP contribution in [0.5, 0.6) is 0 Å². The quantitative estimate of drug-likeness (QED) is 0.489. The standard InChI is InChI=1S/C16H35NO/c1-5-8-9-10-11-12-14-15(17-7-3)16(18-4)13-6-2/h15-17H,5-14H2,1-4H3. The average molecular weight is 257 g/mol. The molecular weight excluding hydrogens is 222 g/mol. The van der Waals surface area contributed by atoms with Crippen molar-refractivity contribution in [1.82, 2.24) is 5.32 Å². The predicted octanol–water partition coefficient (Wildman–Crippen LogP) is 4.53. The average Bonchev–Trinajstić information content (AvgIpc) is 2.39. The molecule has 2 heteroatoms. The van der Waals surface area contributed by atoms with Crippen LogP contribution in [-0.4, -0.2) is 25.8 Å². The van der Waals surface area contributed by atoms with Gasteiger partial charge in [0.1, 0.15) is 0 Å². The van der Waals surface area contributed by atoms with Crippen molar-refractivity contribution in [3.05, 3.63) is 0 Å². The van der Waals surface area contributed by atoms with Gasteiger partial charge in [0.25, 0.3) is 0 Å². The second-order valence-corrected chi connectivity index (χ2v) is 5.28. The summed E-state index contributed by atoms with van der Waals surface area (Å²) in [5.41, 5.74) is 0. The summed E-state index contributed by atoms with van der Waals surface area (Å²) in [6, 6.07) is 0.547. The third-order valence-corrected chi connectivity index (χ3v) is 3.66. The van der Waals surface area contributed by atoms with Crippen LogP contribution in [0.4, 0.5) is 0 Å². The van der Waals surface area contributed by atoms with Crippen LogP contribution in [0.1, 0.15) is 78.6 Å². The molecule has 0 bridgehead atoms. The molecule has 18 heavy (non-hydrogen) atoms. The molecule has 0 amide bonds. The predicted molar refractivity (Wildman–Crippen MR) is 81.2 cm³/mol.